The number of aliphatic hydroxyl groups is 1. The van der Waals surface area contributed by atoms with Crippen molar-refractivity contribution in [2.24, 2.45) is 0 Å². The standard InChI is InChI=1S/C7H12O/c1-3-4-5-7(2)6-8/h3-5,8H,6H2,1-2H3/b4-3+,7-5+. The second kappa shape index (κ2) is 4.60. The molecular weight excluding hydrogens is 100 g/mol. The van der Waals surface area contributed by atoms with E-state index in [1.807, 2.05) is 32.1 Å². The van der Waals surface area contributed by atoms with Crippen molar-refractivity contribution in [3.63, 3.8) is 0 Å². The van der Waals surface area contributed by atoms with Gasteiger partial charge in [0, 0.05) is 0 Å². The lowest BCUT2D eigenvalue weighted by atomic mass is 10.3. The maximum absolute atomic E-state index is 8.46. The van der Waals surface area contributed by atoms with Crippen LogP contribution in [0.25, 0.3) is 0 Å². The van der Waals surface area contributed by atoms with Gasteiger partial charge in [-0.05, 0) is 19.4 Å². The van der Waals surface area contributed by atoms with Crippen molar-refractivity contribution in [3.05, 3.63) is 23.8 Å². The summed E-state index contributed by atoms with van der Waals surface area (Å²) in [5.41, 5.74) is 0.989. The molecule has 0 aliphatic rings. The van der Waals surface area contributed by atoms with Gasteiger partial charge in [-0.3, -0.25) is 0 Å². The molecule has 0 unspecified atom stereocenters. The number of hydrogen-bond donors (Lipinski definition) is 1. The molecule has 0 aliphatic carbocycles. The quantitative estimate of drug-likeness (QED) is 0.537. The smallest absolute Gasteiger partial charge is 0.0642 e. The summed E-state index contributed by atoms with van der Waals surface area (Å²) in [6, 6.07) is 0. The van der Waals surface area contributed by atoms with Crippen LogP contribution in [0.2, 0.25) is 0 Å². The van der Waals surface area contributed by atoms with E-state index >= 15 is 0 Å². The lowest BCUT2D eigenvalue weighted by molar-refractivity contribution is 0.331. The largest absolute Gasteiger partial charge is 0.392 e. The van der Waals surface area contributed by atoms with Crippen LogP contribution >= 0.6 is 0 Å². The van der Waals surface area contributed by atoms with Crippen LogP contribution in [0.4, 0.5) is 0 Å². The summed E-state index contributed by atoms with van der Waals surface area (Å²) in [5, 5.41) is 8.46. The fourth-order valence-electron chi connectivity index (χ4n) is 0.313. The summed E-state index contributed by atoms with van der Waals surface area (Å²) in [7, 11) is 0. The second-order valence-electron chi connectivity index (χ2n) is 1.70. The van der Waals surface area contributed by atoms with Crippen molar-refractivity contribution in [1.29, 1.82) is 0 Å². The van der Waals surface area contributed by atoms with Gasteiger partial charge >= 0.3 is 0 Å². The van der Waals surface area contributed by atoms with Crippen molar-refractivity contribution < 1.29 is 5.11 Å². The molecule has 1 heteroatoms. The minimum Gasteiger partial charge on any atom is -0.392 e. The Balaban J connectivity index is 3.57. The van der Waals surface area contributed by atoms with Gasteiger partial charge in [0.2, 0.25) is 0 Å². The lowest BCUT2D eigenvalue weighted by Gasteiger charge is -1.86. The molecule has 0 bridgehead atoms. The van der Waals surface area contributed by atoms with Crippen molar-refractivity contribution in [3.8, 4) is 0 Å². The van der Waals surface area contributed by atoms with E-state index < -0.39 is 0 Å². The second-order valence-corrected chi connectivity index (χ2v) is 1.70. The van der Waals surface area contributed by atoms with E-state index in [0.29, 0.717) is 0 Å². The molecule has 0 rings (SSSR count). The van der Waals surface area contributed by atoms with Crippen LogP contribution in [-0.4, -0.2) is 11.7 Å². The molecule has 0 heterocycles. The lowest BCUT2D eigenvalue weighted by Crippen LogP contribution is -1.80. The Labute approximate surface area is 50.3 Å². The third-order valence-electron chi connectivity index (χ3n) is 0.823. The fourth-order valence-corrected chi connectivity index (χ4v) is 0.313. The monoisotopic (exact) mass is 112 g/mol. The topological polar surface area (TPSA) is 20.2 Å². The van der Waals surface area contributed by atoms with Crippen molar-refractivity contribution in [2.45, 2.75) is 13.8 Å². The molecule has 0 aliphatic heterocycles. The van der Waals surface area contributed by atoms with Crippen LogP contribution in [0.1, 0.15) is 13.8 Å². The molecule has 0 aromatic rings. The number of hydrogen-bond acceptors (Lipinski definition) is 1. The number of rotatable bonds is 2. The highest BCUT2D eigenvalue weighted by molar-refractivity contribution is 5.09. The zero-order valence-electron chi connectivity index (χ0n) is 5.39. The van der Waals surface area contributed by atoms with E-state index in [-0.39, 0.29) is 6.61 Å². The van der Waals surface area contributed by atoms with Crippen LogP contribution in [0, 0.1) is 0 Å². The molecule has 8 heavy (non-hydrogen) atoms. The SMILES string of the molecule is C/C=C/C=C(\C)CO. The van der Waals surface area contributed by atoms with Gasteiger partial charge in [0.1, 0.15) is 0 Å². The van der Waals surface area contributed by atoms with Gasteiger partial charge in [-0.1, -0.05) is 18.2 Å². The first-order valence-electron chi connectivity index (χ1n) is 2.70. The molecule has 0 saturated heterocycles. The molecule has 1 nitrogen and oxygen atoms in total. The van der Waals surface area contributed by atoms with Crippen LogP contribution in [0.5, 0.6) is 0 Å². The summed E-state index contributed by atoms with van der Waals surface area (Å²) in [6.45, 7) is 3.99. The highest BCUT2D eigenvalue weighted by atomic mass is 16.3. The van der Waals surface area contributed by atoms with Gasteiger partial charge in [-0.25, -0.2) is 0 Å². The first-order valence-corrected chi connectivity index (χ1v) is 2.70. The molecule has 0 aromatic carbocycles. The van der Waals surface area contributed by atoms with E-state index in [2.05, 4.69) is 0 Å². The third kappa shape index (κ3) is 3.62. The maximum atomic E-state index is 8.46. The minimum absolute atomic E-state index is 0.157. The van der Waals surface area contributed by atoms with E-state index in [9.17, 15) is 0 Å². The molecule has 0 fully saturated rings. The molecule has 0 atom stereocenters. The van der Waals surface area contributed by atoms with Crippen molar-refractivity contribution >= 4 is 0 Å². The van der Waals surface area contributed by atoms with Gasteiger partial charge in [0.25, 0.3) is 0 Å². The first kappa shape index (κ1) is 7.44. The zero-order valence-corrected chi connectivity index (χ0v) is 5.39. The predicted molar refractivity (Wildman–Crippen MR) is 35.7 cm³/mol. The van der Waals surface area contributed by atoms with Crippen LogP contribution in [-0.2, 0) is 0 Å². The molecular formula is C7H12O. The Bertz CT molecular complexity index is 101. The Hall–Kier alpha value is -0.560. The summed E-state index contributed by atoms with van der Waals surface area (Å²) in [6.07, 6.45) is 5.73. The van der Waals surface area contributed by atoms with Gasteiger partial charge in [-0.15, -0.1) is 0 Å². The van der Waals surface area contributed by atoms with E-state index in [1.54, 1.807) is 0 Å². The maximum Gasteiger partial charge on any atom is 0.0642 e. The van der Waals surface area contributed by atoms with Gasteiger partial charge in [0.15, 0.2) is 0 Å². The van der Waals surface area contributed by atoms with E-state index in [1.165, 1.54) is 0 Å². The summed E-state index contributed by atoms with van der Waals surface area (Å²) in [4.78, 5) is 0. The van der Waals surface area contributed by atoms with Gasteiger partial charge in [-0.2, -0.15) is 0 Å². The van der Waals surface area contributed by atoms with Crippen LogP contribution in [0.15, 0.2) is 23.8 Å². The Morgan fingerprint density at radius 1 is 1.62 bits per heavy atom. The highest BCUT2D eigenvalue weighted by Gasteiger charge is 1.76. The van der Waals surface area contributed by atoms with Crippen LogP contribution < -0.4 is 0 Å². The molecule has 0 saturated carbocycles. The highest BCUT2D eigenvalue weighted by Crippen LogP contribution is 1.88. The van der Waals surface area contributed by atoms with Crippen molar-refractivity contribution in [1.82, 2.24) is 0 Å². The normalized spacial score (nSPS) is 13.1. The molecule has 0 amide bonds. The Morgan fingerprint density at radius 2 is 2.25 bits per heavy atom. The van der Waals surface area contributed by atoms with Gasteiger partial charge in [0.05, 0.1) is 6.61 Å². The fraction of sp³-hybridized carbons (Fsp3) is 0.429. The molecule has 0 aromatic heterocycles. The summed E-state index contributed by atoms with van der Waals surface area (Å²) >= 11 is 0. The van der Waals surface area contributed by atoms with E-state index in [0.717, 1.165) is 5.57 Å². The average molecular weight is 112 g/mol. The third-order valence-corrected chi connectivity index (χ3v) is 0.823. The predicted octanol–water partition coefficient (Wildman–Crippen LogP) is 1.50. The van der Waals surface area contributed by atoms with Crippen molar-refractivity contribution in [2.75, 3.05) is 6.61 Å². The Kier molecular flexibility index (Phi) is 4.27. The molecule has 1 N–H and O–H groups in total. The molecule has 0 radical (unpaired) electrons. The summed E-state index contributed by atoms with van der Waals surface area (Å²) in [5.74, 6) is 0. The Morgan fingerprint density at radius 3 is 2.62 bits per heavy atom. The average Bonchev–Trinajstić information content (AvgIpc) is 1.83. The summed E-state index contributed by atoms with van der Waals surface area (Å²) < 4.78 is 0. The number of aliphatic hydroxyl groups excluding tert-OH is 1. The first-order chi connectivity index (χ1) is 3.81. The van der Waals surface area contributed by atoms with Crippen LogP contribution in [0.3, 0.4) is 0 Å². The zero-order chi connectivity index (χ0) is 6.41. The molecule has 0 spiro atoms. The number of allylic oxidation sites excluding steroid dienone is 3. The van der Waals surface area contributed by atoms with Gasteiger partial charge < -0.3 is 5.11 Å². The minimum atomic E-state index is 0.157. The molecule has 46 valence electrons. The van der Waals surface area contributed by atoms with E-state index in [4.69, 9.17) is 5.11 Å².